The van der Waals surface area contributed by atoms with Gasteiger partial charge >= 0.3 is 17.9 Å². The number of esters is 3. The van der Waals surface area contributed by atoms with E-state index < -0.39 is 53.6 Å². The second kappa shape index (κ2) is 16.3. The lowest BCUT2D eigenvalue weighted by molar-refractivity contribution is -0.211. The second-order valence-corrected chi connectivity index (χ2v) is 11.3. The van der Waals surface area contributed by atoms with Crippen LogP contribution in [-0.2, 0) is 51.3 Å². The zero-order valence-electron chi connectivity index (χ0n) is 25.4. The van der Waals surface area contributed by atoms with Gasteiger partial charge in [0.05, 0.1) is 0 Å². The van der Waals surface area contributed by atoms with Crippen molar-refractivity contribution >= 4 is 35.6 Å². The number of carbonyl (C=O) groups is 4. The number of rotatable bonds is 14. The third kappa shape index (κ3) is 10.2. The molecule has 1 aliphatic rings. The molecule has 1 N–H and O–H groups in total. The van der Waals surface area contributed by atoms with Crippen LogP contribution in [0.3, 0.4) is 0 Å². The SMILES string of the molecule is CCCCCn1c(COc2cccc(C)c2)nnc1S[C@@H]1O[C@H](COC(C)=O)[C@H](OC(C)=O)[C@H](OC(C)=O)[C@@H]1NC(C)=O. The smallest absolute Gasteiger partial charge is 0.303 e. The number of amides is 1. The van der Waals surface area contributed by atoms with Crippen LogP contribution in [0.1, 0.15) is 65.3 Å². The van der Waals surface area contributed by atoms with E-state index in [9.17, 15) is 19.2 Å². The Bertz CT molecular complexity index is 1270. The van der Waals surface area contributed by atoms with E-state index in [1.165, 1.54) is 27.7 Å². The summed E-state index contributed by atoms with van der Waals surface area (Å²) in [7, 11) is 0. The van der Waals surface area contributed by atoms with Gasteiger partial charge in [-0.25, -0.2) is 0 Å². The predicted molar refractivity (Wildman–Crippen MR) is 155 cm³/mol. The molecule has 2 aromatic rings. The average Bonchev–Trinajstić information content (AvgIpc) is 3.30. The molecule has 43 heavy (non-hydrogen) atoms. The van der Waals surface area contributed by atoms with E-state index >= 15 is 0 Å². The summed E-state index contributed by atoms with van der Waals surface area (Å²) >= 11 is 1.16. The first-order valence-corrected chi connectivity index (χ1v) is 15.0. The number of ether oxygens (including phenoxy) is 5. The number of hydrogen-bond acceptors (Lipinski definition) is 12. The quantitative estimate of drug-likeness (QED) is 0.187. The zero-order chi connectivity index (χ0) is 31.5. The van der Waals surface area contributed by atoms with Gasteiger partial charge in [-0.1, -0.05) is 43.7 Å². The van der Waals surface area contributed by atoms with Crippen LogP contribution in [0.4, 0.5) is 0 Å². The largest absolute Gasteiger partial charge is 0.486 e. The summed E-state index contributed by atoms with van der Waals surface area (Å²) in [5.74, 6) is -1.03. The Labute approximate surface area is 255 Å². The van der Waals surface area contributed by atoms with Gasteiger partial charge in [0.2, 0.25) is 5.91 Å². The van der Waals surface area contributed by atoms with Crippen LogP contribution in [0.25, 0.3) is 0 Å². The number of carbonyl (C=O) groups excluding carboxylic acids is 4. The summed E-state index contributed by atoms with van der Waals surface area (Å²) in [4.78, 5) is 48.2. The van der Waals surface area contributed by atoms with E-state index in [1.54, 1.807) is 0 Å². The molecule has 0 saturated carbocycles. The fourth-order valence-electron chi connectivity index (χ4n) is 4.61. The number of nitrogens with zero attached hydrogens (tertiary/aromatic N) is 3. The molecule has 0 aliphatic carbocycles. The van der Waals surface area contributed by atoms with Crippen molar-refractivity contribution in [3.63, 3.8) is 0 Å². The van der Waals surface area contributed by atoms with Gasteiger partial charge in [0, 0.05) is 34.2 Å². The molecule has 1 aromatic heterocycles. The van der Waals surface area contributed by atoms with Gasteiger partial charge in [-0.15, -0.1) is 10.2 Å². The molecule has 236 valence electrons. The Morgan fingerprint density at radius 2 is 1.72 bits per heavy atom. The number of nitrogens with one attached hydrogen (secondary N) is 1. The normalized spacial score (nSPS) is 21.5. The third-order valence-electron chi connectivity index (χ3n) is 6.43. The van der Waals surface area contributed by atoms with E-state index in [-0.39, 0.29) is 13.2 Å². The topological polar surface area (TPSA) is 157 Å². The maximum Gasteiger partial charge on any atom is 0.303 e. The Morgan fingerprint density at radius 1 is 1.00 bits per heavy atom. The molecule has 0 spiro atoms. The highest BCUT2D eigenvalue weighted by Gasteiger charge is 2.51. The lowest BCUT2D eigenvalue weighted by atomic mass is 9.97. The van der Waals surface area contributed by atoms with E-state index in [2.05, 4.69) is 22.4 Å². The first-order chi connectivity index (χ1) is 20.5. The van der Waals surface area contributed by atoms with Crippen LogP contribution in [0.15, 0.2) is 29.4 Å². The first-order valence-electron chi connectivity index (χ1n) is 14.2. The van der Waals surface area contributed by atoms with Crippen molar-refractivity contribution in [2.45, 2.75) is 109 Å². The molecule has 0 radical (unpaired) electrons. The lowest BCUT2D eigenvalue weighted by Crippen LogP contribution is -2.65. The average molecular weight is 621 g/mol. The number of hydrogen-bond donors (Lipinski definition) is 1. The maximum atomic E-state index is 12.3. The van der Waals surface area contributed by atoms with Gasteiger partial charge in [-0.3, -0.25) is 19.2 Å². The lowest BCUT2D eigenvalue weighted by Gasteiger charge is -2.44. The van der Waals surface area contributed by atoms with Crippen LogP contribution < -0.4 is 10.1 Å². The van der Waals surface area contributed by atoms with Crippen molar-refractivity contribution in [2.75, 3.05) is 6.61 Å². The Morgan fingerprint density at radius 3 is 2.35 bits per heavy atom. The molecule has 0 bridgehead atoms. The summed E-state index contributed by atoms with van der Waals surface area (Å²) in [6, 6.07) is 6.73. The summed E-state index contributed by atoms with van der Waals surface area (Å²) in [6.07, 6.45) is -0.485. The Hall–Kier alpha value is -3.65. The fourth-order valence-corrected chi connectivity index (χ4v) is 5.79. The van der Waals surface area contributed by atoms with Crippen LogP contribution >= 0.6 is 11.8 Å². The van der Waals surface area contributed by atoms with Gasteiger partial charge < -0.3 is 33.6 Å². The van der Waals surface area contributed by atoms with Crippen molar-refractivity contribution in [3.8, 4) is 5.75 Å². The number of unbranched alkanes of at least 4 members (excludes halogenated alkanes) is 2. The molecule has 0 unspecified atom stereocenters. The molecular weight excluding hydrogens is 580 g/mol. The van der Waals surface area contributed by atoms with Crippen LogP contribution in [-0.4, -0.2) is 75.0 Å². The van der Waals surface area contributed by atoms with Gasteiger partial charge in [-0.05, 0) is 31.0 Å². The predicted octanol–water partition coefficient (Wildman–Crippen LogP) is 3.10. The summed E-state index contributed by atoms with van der Waals surface area (Å²) in [5.41, 5.74) is 0.162. The summed E-state index contributed by atoms with van der Waals surface area (Å²) in [6.45, 7) is 9.53. The van der Waals surface area contributed by atoms with Crippen LogP contribution in [0, 0.1) is 6.92 Å². The first kappa shape index (κ1) is 33.8. The zero-order valence-corrected chi connectivity index (χ0v) is 26.2. The molecule has 1 amide bonds. The van der Waals surface area contributed by atoms with E-state index in [4.69, 9.17) is 23.7 Å². The molecule has 13 nitrogen and oxygen atoms in total. The monoisotopic (exact) mass is 620 g/mol. The van der Waals surface area contributed by atoms with E-state index in [0.29, 0.717) is 23.3 Å². The maximum absolute atomic E-state index is 12.3. The number of aryl methyl sites for hydroxylation is 1. The minimum Gasteiger partial charge on any atom is -0.486 e. The van der Waals surface area contributed by atoms with Crippen molar-refractivity contribution in [2.24, 2.45) is 0 Å². The third-order valence-corrected chi connectivity index (χ3v) is 7.58. The van der Waals surface area contributed by atoms with Gasteiger partial charge in [0.25, 0.3) is 0 Å². The number of aromatic nitrogens is 3. The highest BCUT2D eigenvalue weighted by Crippen LogP contribution is 2.36. The van der Waals surface area contributed by atoms with Gasteiger partial charge in [-0.2, -0.15) is 0 Å². The molecular formula is C29H40N4O9S. The highest BCUT2D eigenvalue weighted by atomic mass is 32.2. The van der Waals surface area contributed by atoms with Crippen molar-refractivity contribution in [3.05, 3.63) is 35.7 Å². The molecule has 1 saturated heterocycles. The molecule has 1 fully saturated rings. The van der Waals surface area contributed by atoms with Crippen molar-refractivity contribution < 1.29 is 42.9 Å². The van der Waals surface area contributed by atoms with E-state index in [1.807, 2.05) is 35.8 Å². The fraction of sp³-hybridized carbons (Fsp3) is 0.586. The number of thioether (sulfide) groups is 1. The number of benzene rings is 1. The van der Waals surface area contributed by atoms with Crippen LogP contribution in [0.5, 0.6) is 5.75 Å². The van der Waals surface area contributed by atoms with Gasteiger partial charge in [0.1, 0.15) is 36.5 Å². The molecule has 14 heteroatoms. The Kier molecular flexibility index (Phi) is 12.8. The highest BCUT2D eigenvalue weighted by molar-refractivity contribution is 7.99. The molecule has 2 heterocycles. The molecule has 1 aromatic carbocycles. The molecule has 1 aliphatic heterocycles. The van der Waals surface area contributed by atoms with Crippen molar-refractivity contribution in [1.82, 2.24) is 20.1 Å². The minimum atomic E-state index is -1.17. The second-order valence-electron chi connectivity index (χ2n) is 10.2. The summed E-state index contributed by atoms with van der Waals surface area (Å²) in [5, 5.41) is 12.1. The van der Waals surface area contributed by atoms with Crippen LogP contribution in [0.2, 0.25) is 0 Å². The van der Waals surface area contributed by atoms with E-state index in [0.717, 1.165) is 36.6 Å². The minimum absolute atomic E-state index is 0.170. The summed E-state index contributed by atoms with van der Waals surface area (Å²) < 4.78 is 30.5. The molecule has 3 rings (SSSR count). The van der Waals surface area contributed by atoms with Gasteiger partial charge in [0.15, 0.2) is 23.2 Å². The molecule has 5 atom stereocenters. The standard InChI is InChI=1S/C29H40N4O9S/c1-7-8-9-13-33-24(16-39-22-12-10-11-17(2)14-22)31-32-29(33)43-28-25(30-18(3)34)27(41-21(6)37)26(40-20(5)36)23(42-28)15-38-19(4)35/h10-12,14,23,25-28H,7-9,13,15-16H2,1-6H3,(H,30,34)/t23-,25+,26+,27-,28+/m1/s1. The van der Waals surface area contributed by atoms with Crippen molar-refractivity contribution in [1.29, 1.82) is 0 Å². The Balaban J connectivity index is 1.97.